The molecule has 0 saturated carbocycles. The Hall–Kier alpha value is -0.280. The van der Waals surface area contributed by atoms with Crippen molar-refractivity contribution >= 4 is 0 Å². The lowest BCUT2D eigenvalue weighted by Gasteiger charge is -2.04. The molecule has 0 radical (unpaired) electrons. The maximum Gasteiger partial charge on any atom is 0.0701 e. The maximum atomic E-state index is 8.36. The van der Waals surface area contributed by atoms with Crippen molar-refractivity contribution in [1.82, 2.24) is 0 Å². The second-order valence-corrected chi connectivity index (χ2v) is 3.16. The first-order valence-corrected chi connectivity index (χ1v) is 6.10. The van der Waals surface area contributed by atoms with Crippen molar-refractivity contribution < 1.29 is 29.3 Å². The van der Waals surface area contributed by atoms with Gasteiger partial charge in [-0.3, -0.25) is 0 Å². The van der Waals surface area contributed by atoms with Crippen LogP contribution in [0.4, 0.5) is 0 Å². The van der Waals surface area contributed by atoms with E-state index < -0.39 is 0 Å². The molecule has 0 aliphatic heterocycles. The molecular weight excluding hydrogens is 242 g/mol. The normalized spacial score (nSPS) is 10.0. The van der Waals surface area contributed by atoms with Crippen LogP contribution in [0, 0.1) is 0 Å². The van der Waals surface area contributed by atoms with Gasteiger partial charge in [0.15, 0.2) is 0 Å². The fraction of sp³-hybridized carbons (Fsp3) is 1.00. The van der Waals surface area contributed by atoms with Crippen molar-refractivity contribution in [2.24, 2.45) is 5.90 Å². The van der Waals surface area contributed by atoms with Crippen LogP contribution in [-0.4, -0.2) is 69.7 Å². The Morgan fingerprint density at radius 1 is 0.722 bits per heavy atom. The lowest BCUT2D eigenvalue weighted by molar-refractivity contribution is 0.00230. The van der Waals surface area contributed by atoms with E-state index in [0.717, 1.165) is 6.42 Å². The average Bonchev–Trinajstić information content (AvgIpc) is 2.39. The fourth-order valence-corrected chi connectivity index (χ4v) is 0.789. The van der Waals surface area contributed by atoms with E-state index in [-0.39, 0.29) is 13.2 Å². The second kappa shape index (κ2) is 21.9. The summed E-state index contributed by atoms with van der Waals surface area (Å²) in [5.74, 6) is 4.64. The summed E-state index contributed by atoms with van der Waals surface area (Å²) in [6.45, 7) is 5.44. The zero-order valence-corrected chi connectivity index (χ0v) is 11.2. The quantitative estimate of drug-likeness (QED) is 0.318. The fourth-order valence-electron chi connectivity index (χ4n) is 0.789. The number of rotatable bonds is 12. The zero-order valence-electron chi connectivity index (χ0n) is 11.2. The van der Waals surface area contributed by atoms with Crippen LogP contribution >= 0.6 is 0 Å². The van der Waals surface area contributed by atoms with Crippen LogP contribution in [0.25, 0.3) is 0 Å². The molecule has 0 aliphatic carbocycles. The van der Waals surface area contributed by atoms with Crippen LogP contribution in [0.15, 0.2) is 0 Å². The third kappa shape index (κ3) is 24.8. The summed E-state index contributed by atoms with van der Waals surface area (Å²) in [5, 5.41) is 16.7. The molecule has 7 nitrogen and oxygen atoms in total. The largest absolute Gasteiger partial charge is 0.394 e. The summed E-state index contributed by atoms with van der Waals surface area (Å²) < 4.78 is 15.0. The number of aliphatic hydroxyl groups is 2. The van der Waals surface area contributed by atoms with Crippen molar-refractivity contribution in [3.05, 3.63) is 0 Å². The van der Waals surface area contributed by atoms with Crippen molar-refractivity contribution in [2.45, 2.75) is 13.3 Å². The van der Waals surface area contributed by atoms with Gasteiger partial charge in [-0.15, -0.1) is 0 Å². The van der Waals surface area contributed by atoms with Crippen molar-refractivity contribution in [2.75, 3.05) is 59.5 Å². The van der Waals surface area contributed by atoms with Crippen LogP contribution in [0.2, 0.25) is 0 Å². The molecule has 4 N–H and O–H groups in total. The monoisotopic (exact) mass is 269 g/mol. The van der Waals surface area contributed by atoms with Gasteiger partial charge in [0.1, 0.15) is 0 Å². The molecule has 0 spiro atoms. The Balaban J connectivity index is 0. The highest BCUT2D eigenvalue weighted by Crippen LogP contribution is 1.80. The molecule has 7 heteroatoms. The molecule has 18 heavy (non-hydrogen) atoms. The molecule has 0 saturated heterocycles. The lowest BCUT2D eigenvalue weighted by atomic mass is 10.5. The summed E-state index contributed by atoms with van der Waals surface area (Å²) in [7, 11) is 0. The van der Waals surface area contributed by atoms with E-state index >= 15 is 0 Å². The molecule has 0 aromatic heterocycles. The molecule has 0 aliphatic rings. The Morgan fingerprint density at radius 2 is 1.11 bits per heavy atom. The molecule has 0 amide bonds. The summed E-state index contributed by atoms with van der Waals surface area (Å²) in [6.07, 6.45) is 0.997. The summed E-state index contributed by atoms with van der Waals surface area (Å²) >= 11 is 0. The molecule has 0 bridgehead atoms. The van der Waals surface area contributed by atoms with Crippen LogP contribution in [0.1, 0.15) is 13.3 Å². The standard InChI is InChI=1S/C8H18O5.C3H9NO/c9-1-3-11-5-7-13-8-6-12-4-2-10;1-2-3-5-4/h9-10H,1-8H2;2-4H2,1H3. The first-order chi connectivity index (χ1) is 8.83. The summed E-state index contributed by atoms with van der Waals surface area (Å²) in [5.41, 5.74) is 0. The third-order valence-electron chi connectivity index (χ3n) is 1.54. The number of hydrogen-bond acceptors (Lipinski definition) is 7. The van der Waals surface area contributed by atoms with E-state index in [4.69, 9.17) is 24.4 Å². The van der Waals surface area contributed by atoms with Crippen LogP contribution in [0.3, 0.4) is 0 Å². The number of aliphatic hydroxyl groups excluding tert-OH is 2. The van der Waals surface area contributed by atoms with Gasteiger partial charge in [0.2, 0.25) is 0 Å². The lowest BCUT2D eigenvalue weighted by Crippen LogP contribution is -2.11. The second-order valence-electron chi connectivity index (χ2n) is 3.16. The van der Waals surface area contributed by atoms with Crippen molar-refractivity contribution in [1.29, 1.82) is 0 Å². The van der Waals surface area contributed by atoms with E-state index in [9.17, 15) is 0 Å². The molecule has 112 valence electrons. The van der Waals surface area contributed by atoms with Gasteiger partial charge in [-0.1, -0.05) is 6.92 Å². The van der Waals surface area contributed by atoms with E-state index in [1.807, 2.05) is 6.92 Å². The van der Waals surface area contributed by atoms with Crippen LogP contribution < -0.4 is 5.90 Å². The smallest absolute Gasteiger partial charge is 0.0701 e. The molecule has 0 fully saturated rings. The van der Waals surface area contributed by atoms with Gasteiger partial charge in [-0.25, -0.2) is 5.90 Å². The van der Waals surface area contributed by atoms with Gasteiger partial charge in [-0.2, -0.15) is 0 Å². The Bertz CT molecular complexity index is 116. The molecule has 0 aromatic rings. The van der Waals surface area contributed by atoms with Gasteiger partial charge < -0.3 is 29.3 Å². The Kier molecular flexibility index (Phi) is 24.4. The van der Waals surface area contributed by atoms with Gasteiger partial charge >= 0.3 is 0 Å². The molecule has 0 aromatic carbocycles. The van der Waals surface area contributed by atoms with Gasteiger partial charge in [0, 0.05) is 0 Å². The molecular formula is C11H27NO6. The van der Waals surface area contributed by atoms with Crippen molar-refractivity contribution in [3.63, 3.8) is 0 Å². The highest BCUT2D eigenvalue weighted by atomic mass is 16.6. The van der Waals surface area contributed by atoms with Gasteiger partial charge in [0.25, 0.3) is 0 Å². The highest BCUT2D eigenvalue weighted by Gasteiger charge is 1.89. The topological polar surface area (TPSA) is 103 Å². The first kappa shape index (κ1) is 20.0. The van der Waals surface area contributed by atoms with Gasteiger partial charge in [0.05, 0.1) is 59.5 Å². The van der Waals surface area contributed by atoms with E-state index in [1.165, 1.54) is 0 Å². The van der Waals surface area contributed by atoms with E-state index in [0.29, 0.717) is 46.2 Å². The molecule has 0 rings (SSSR count). The highest BCUT2D eigenvalue weighted by molar-refractivity contribution is 4.33. The average molecular weight is 269 g/mol. The minimum absolute atomic E-state index is 0.0413. The van der Waals surface area contributed by atoms with Crippen LogP contribution in [-0.2, 0) is 19.0 Å². The molecule has 0 heterocycles. The minimum Gasteiger partial charge on any atom is -0.394 e. The molecule has 0 atom stereocenters. The van der Waals surface area contributed by atoms with E-state index in [2.05, 4.69) is 10.7 Å². The SMILES string of the molecule is CCCON.OCCOCCOCCOCCO. The minimum atomic E-state index is 0.0413. The van der Waals surface area contributed by atoms with Crippen molar-refractivity contribution in [3.8, 4) is 0 Å². The van der Waals surface area contributed by atoms with E-state index in [1.54, 1.807) is 0 Å². The number of ether oxygens (including phenoxy) is 3. The summed E-state index contributed by atoms with van der Waals surface area (Å²) in [4.78, 5) is 4.19. The molecule has 0 unspecified atom stereocenters. The Morgan fingerprint density at radius 3 is 1.33 bits per heavy atom. The summed E-state index contributed by atoms with van der Waals surface area (Å²) in [6, 6.07) is 0. The van der Waals surface area contributed by atoms with Crippen LogP contribution in [0.5, 0.6) is 0 Å². The maximum absolute atomic E-state index is 8.36. The third-order valence-corrected chi connectivity index (χ3v) is 1.54. The predicted molar refractivity (Wildman–Crippen MR) is 67.1 cm³/mol. The van der Waals surface area contributed by atoms with Gasteiger partial charge in [-0.05, 0) is 6.42 Å². The number of hydrogen-bond donors (Lipinski definition) is 3. The first-order valence-electron chi connectivity index (χ1n) is 6.10. The Labute approximate surface area is 109 Å². The number of nitrogens with two attached hydrogens (primary N) is 1. The zero-order chi connectivity index (χ0) is 13.9. The predicted octanol–water partition coefficient (Wildman–Crippen LogP) is -0.692.